The van der Waals surface area contributed by atoms with Crippen LogP contribution < -0.4 is 10.2 Å². The quantitative estimate of drug-likeness (QED) is 0.794. The molecule has 1 aromatic carbocycles. The second kappa shape index (κ2) is 7.75. The molecule has 1 unspecified atom stereocenters. The molecule has 0 saturated heterocycles. The molecule has 124 valence electrons. The standard InChI is InChI=1S/C18H24ClN3O/c1-5-8-20-16(23)11-22(4)10-15-9-14-7-6-12(2)13(3)17(14)21-18(15)19/h6-7,9H,5,8,10-11H2,1-4H3,(H,20,23)/p+1. The van der Waals surface area contributed by atoms with Gasteiger partial charge in [-0.1, -0.05) is 30.7 Å². The van der Waals surface area contributed by atoms with E-state index in [4.69, 9.17) is 11.6 Å². The first-order chi connectivity index (χ1) is 10.9. The fourth-order valence-electron chi connectivity index (χ4n) is 2.62. The predicted octanol–water partition coefficient (Wildman–Crippen LogP) is 2.05. The van der Waals surface area contributed by atoms with Gasteiger partial charge in [0, 0.05) is 17.5 Å². The second-order valence-corrected chi connectivity index (χ2v) is 6.54. The molecule has 1 heterocycles. The molecule has 0 aliphatic rings. The minimum atomic E-state index is 0.0701. The summed E-state index contributed by atoms with van der Waals surface area (Å²) in [5.41, 5.74) is 4.31. The largest absolute Gasteiger partial charge is 0.351 e. The number of pyridine rings is 1. The molecule has 0 saturated carbocycles. The molecule has 23 heavy (non-hydrogen) atoms. The normalized spacial score (nSPS) is 12.4. The van der Waals surface area contributed by atoms with Crippen molar-refractivity contribution < 1.29 is 9.69 Å². The van der Waals surface area contributed by atoms with Crippen molar-refractivity contribution in [1.82, 2.24) is 10.3 Å². The Labute approximate surface area is 142 Å². The Kier molecular flexibility index (Phi) is 5.97. The Morgan fingerprint density at radius 2 is 2.09 bits per heavy atom. The van der Waals surface area contributed by atoms with Gasteiger partial charge in [-0.2, -0.15) is 0 Å². The van der Waals surface area contributed by atoms with E-state index in [1.54, 1.807) is 0 Å². The third-order valence-corrected chi connectivity index (χ3v) is 4.39. The predicted molar refractivity (Wildman–Crippen MR) is 95.0 cm³/mol. The molecule has 1 amide bonds. The maximum absolute atomic E-state index is 11.8. The summed E-state index contributed by atoms with van der Waals surface area (Å²) in [6, 6.07) is 6.27. The van der Waals surface area contributed by atoms with E-state index in [2.05, 4.69) is 42.3 Å². The highest BCUT2D eigenvalue weighted by Gasteiger charge is 2.14. The van der Waals surface area contributed by atoms with Crippen LogP contribution in [0.3, 0.4) is 0 Å². The van der Waals surface area contributed by atoms with E-state index in [0.717, 1.165) is 39.9 Å². The first-order valence-electron chi connectivity index (χ1n) is 8.05. The van der Waals surface area contributed by atoms with Crippen molar-refractivity contribution in [2.24, 2.45) is 0 Å². The van der Waals surface area contributed by atoms with Crippen LogP contribution in [0.25, 0.3) is 10.9 Å². The van der Waals surface area contributed by atoms with Gasteiger partial charge in [-0.05, 0) is 37.5 Å². The second-order valence-electron chi connectivity index (χ2n) is 6.18. The Morgan fingerprint density at radius 1 is 1.35 bits per heavy atom. The van der Waals surface area contributed by atoms with Crippen molar-refractivity contribution in [3.63, 3.8) is 0 Å². The number of aryl methyl sites for hydroxylation is 2. The van der Waals surface area contributed by atoms with Gasteiger partial charge in [0.2, 0.25) is 0 Å². The maximum atomic E-state index is 11.8. The van der Waals surface area contributed by atoms with E-state index in [-0.39, 0.29) is 5.91 Å². The van der Waals surface area contributed by atoms with Gasteiger partial charge in [-0.3, -0.25) is 4.79 Å². The van der Waals surface area contributed by atoms with E-state index in [1.165, 1.54) is 5.56 Å². The van der Waals surface area contributed by atoms with Crippen molar-refractivity contribution in [3.8, 4) is 0 Å². The first kappa shape index (κ1) is 17.7. The molecular formula is C18H25ClN3O+. The third-order valence-electron chi connectivity index (χ3n) is 4.06. The van der Waals surface area contributed by atoms with Gasteiger partial charge >= 0.3 is 0 Å². The van der Waals surface area contributed by atoms with Crippen molar-refractivity contribution in [2.75, 3.05) is 20.1 Å². The molecule has 2 rings (SSSR count). The van der Waals surface area contributed by atoms with Crippen LogP contribution in [-0.4, -0.2) is 31.0 Å². The lowest BCUT2D eigenvalue weighted by molar-refractivity contribution is -0.885. The number of aromatic nitrogens is 1. The molecule has 2 N–H and O–H groups in total. The summed E-state index contributed by atoms with van der Waals surface area (Å²) in [6.07, 6.45) is 0.948. The maximum Gasteiger partial charge on any atom is 0.275 e. The summed E-state index contributed by atoms with van der Waals surface area (Å²) >= 11 is 6.37. The number of hydrogen-bond donors (Lipinski definition) is 2. The van der Waals surface area contributed by atoms with Crippen LogP contribution in [0, 0.1) is 13.8 Å². The lowest BCUT2D eigenvalue weighted by Crippen LogP contribution is -3.08. The van der Waals surface area contributed by atoms with Crippen molar-refractivity contribution >= 4 is 28.4 Å². The first-order valence-corrected chi connectivity index (χ1v) is 8.43. The van der Waals surface area contributed by atoms with Crippen LogP contribution in [-0.2, 0) is 11.3 Å². The number of amides is 1. The number of quaternary nitrogens is 1. The zero-order chi connectivity index (χ0) is 17.0. The molecular weight excluding hydrogens is 310 g/mol. The van der Waals surface area contributed by atoms with E-state index in [1.807, 2.05) is 14.0 Å². The average molecular weight is 335 g/mol. The molecule has 5 heteroatoms. The van der Waals surface area contributed by atoms with Crippen LogP contribution in [0.2, 0.25) is 5.15 Å². The highest BCUT2D eigenvalue weighted by atomic mass is 35.5. The van der Waals surface area contributed by atoms with Gasteiger partial charge in [0.25, 0.3) is 5.91 Å². The third kappa shape index (κ3) is 4.43. The van der Waals surface area contributed by atoms with E-state index in [0.29, 0.717) is 18.2 Å². The SMILES string of the molecule is CCCNC(=O)C[NH+](C)Cc1cc2ccc(C)c(C)c2nc1Cl. The Balaban J connectivity index is 2.15. The minimum Gasteiger partial charge on any atom is -0.351 e. The molecule has 4 nitrogen and oxygen atoms in total. The summed E-state index contributed by atoms with van der Waals surface area (Å²) < 4.78 is 0. The molecule has 0 aliphatic heterocycles. The Hall–Kier alpha value is -1.65. The van der Waals surface area contributed by atoms with E-state index < -0.39 is 0 Å². The fraction of sp³-hybridized carbons (Fsp3) is 0.444. The van der Waals surface area contributed by atoms with Gasteiger partial charge in [0.05, 0.1) is 12.6 Å². The van der Waals surface area contributed by atoms with Crippen molar-refractivity contribution in [1.29, 1.82) is 0 Å². The highest BCUT2D eigenvalue weighted by molar-refractivity contribution is 6.30. The zero-order valence-electron chi connectivity index (χ0n) is 14.3. The summed E-state index contributed by atoms with van der Waals surface area (Å²) in [6.45, 7) is 8.01. The number of benzene rings is 1. The van der Waals surface area contributed by atoms with Gasteiger partial charge in [-0.25, -0.2) is 4.98 Å². The number of carbonyl (C=O) groups excluding carboxylic acids is 1. The Morgan fingerprint density at radius 3 is 2.78 bits per heavy atom. The lowest BCUT2D eigenvalue weighted by atomic mass is 10.0. The number of fused-ring (bicyclic) bond motifs is 1. The summed E-state index contributed by atoms with van der Waals surface area (Å²) in [7, 11) is 1.99. The molecule has 0 fully saturated rings. The number of nitrogens with one attached hydrogen (secondary N) is 2. The Bertz CT molecular complexity index is 715. The number of likely N-dealkylation sites (N-methyl/N-ethyl adjacent to an activating group) is 1. The summed E-state index contributed by atoms with van der Waals surface area (Å²) in [5.74, 6) is 0.0701. The van der Waals surface area contributed by atoms with Crippen LogP contribution >= 0.6 is 11.6 Å². The smallest absolute Gasteiger partial charge is 0.275 e. The molecule has 2 aromatic rings. The van der Waals surface area contributed by atoms with Gasteiger partial charge in [0.1, 0.15) is 11.7 Å². The monoisotopic (exact) mass is 334 g/mol. The molecule has 0 spiro atoms. The minimum absolute atomic E-state index is 0.0701. The molecule has 1 atom stereocenters. The molecule has 0 bridgehead atoms. The molecule has 0 radical (unpaired) electrons. The molecule has 0 aliphatic carbocycles. The van der Waals surface area contributed by atoms with Crippen molar-refractivity contribution in [2.45, 2.75) is 33.7 Å². The highest BCUT2D eigenvalue weighted by Crippen LogP contribution is 2.24. The summed E-state index contributed by atoms with van der Waals surface area (Å²) in [5, 5.41) is 4.52. The lowest BCUT2D eigenvalue weighted by Gasteiger charge is -2.15. The fourth-order valence-corrected chi connectivity index (χ4v) is 2.82. The van der Waals surface area contributed by atoms with Gasteiger partial charge in [-0.15, -0.1) is 0 Å². The number of rotatable bonds is 6. The molecule has 1 aromatic heterocycles. The van der Waals surface area contributed by atoms with Crippen LogP contribution in [0.1, 0.15) is 30.0 Å². The average Bonchev–Trinajstić information content (AvgIpc) is 2.50. The number of hydrogen-bond acceptors (Lipinski definition) is 2. The van der Waals surface area contributed by atoms with Crippen LogP contribution in [0.5, 0.6) is 0 Å². The van der Waals surface area contributed by atoms with Gasteiger partial charge < -0.3 is 10.2 Å². The topological polar surface area (TPSA) is 46.4 Å². The van der Waals surface area contributed by atoms with Crippen molar-refractivity contribution in [3.05, 3.63) is 40.0 Å². The van der Waals surface area contributed by atoms with Crippen LogP contribution in [0.15, 0.2) is 18.2 Å². The summed E-state index contributed by atoms with van der Waals surface area (Å²) in [4.78, 5) is 17.5. The zero-order valence-corrected chi connectivity index (χ0v) is 15.0. The number of nitrogens with zero attached hydrogens (tertiary/aromatic N) is 1. The number of halogens is 1. The van der Waals surface area contributed by atoms with E-state index >= 15 is 0 Å². The van der Waals surface area contributed by atoms with E-state index in [9.17, 15) is 4.79 Å². The van der Waals surface area contributed by atoms with Crippen LogP contribution in [0.4, 0.5) is 0 Å². The van der Waals surface area contributed by atoms with Gasteiger partial charge in [0.15, 0.2) is 6.54 Å². The number of carbonyl (C=O) groups is 1.